The van der Waals surface area contributed by atoms with Crippen molar-refractivity contribution in [2.75, 3.05) is 26.7 Å². The van der Waals surface area contributed by atoms with Crippen LogP contribution in [0.25, 0.3) is 0 Å². The highest BCUT2D eigenvalue weighted by Crippen LogP contribution is 2.15. The van der Waals surface area contributed by atoms with Crippen LogP contribution in [0.3, 0.4) is 0 Å². The van der Waals surface area contributed by atoms with E-state index < -0.39 is 28.7 Å². The van der Waals surface area contributed by atoms with Crippen molar-refractivity contribution >= 4 is 15.9 Å². The molecule has 6 nitrogen and oxygen atoms in total. The molecular weight excluding hydrogens is 371 g/mol. The Hall–Kier alpha value is -1.65. The van der Waals surface area contributed by atoms with Gasteiger partial charge in [0, 0.05) is 18.2 Å². The van der Waals surface area contributed by atoms with E-state index in [1.807, 2.05) is 0 Å². The minimum absolute atomic E-state index is 0.0243. The Balaban J connectivity index is 2.57. The summed E-state index contributed by atoms with van der Waals surface area (Å²) in [6, 6.07) is 5.29. The molecule has 26 heavy (non-hydrogen) atoms. The number of hydrogen-bond donors (Lipinski definition) is 2. The lowest BCUT2D eigenvalue weighted by atomic mass is 10.2. The molecule has 0 atom stereocenters. The van der Waals surface area contributed by atoms with Gasteiger partial charge in [-0.2, -0.15) is 13.2 Å². The summed E-state index contributed by atoms with van der Waals surface area (Å²) in [6.45, 7) is 2.71. The smallest absolute Gasteiger partial charge is 0.352 e. The molecule has 148 valence electrons. The van der Waals surface area contributed by atoms with Crippen LogP contribution in [-0.2, 0) is 10.0 Å². The molecule has 1 rings (SSSR count). The van der Waals surface area contributed by atoms with Gasteiger partial charge in [0.2, 0.25) is 10.0 Å². The van der Waals surface area contributed by atoms with E-state index in [0.29, 0.717) is 6.42 Å². The second kappa shape index (κ2) is 9.33. The average molecular weight is 395 g/mol. The molecule has 0 unspecified atom stereocenters. The summed E-state index contributed by atoms with van der Waals surface area (Å²) >= 11 is 0. The molecule has 2 N–H and O–H groups in total. The molecule has 0 saturated heterocycles. The second-order valence-corrected chi connectivity index (χ2v) is 7.98. The van der Waals surface area contributed by atoms with Gasteiger partial charge in [-0.25, -0.2) is 13.1 Å². The van der Waals surface area contributed by atoms with Crippen molar-refractivity contribution in [2.24, 2.45) is 0 Å². The van der Waals surface area contributed by atoms with E-state index in [1.54, 1.807) is 13.8 Å². The van der Waals surface area contributed by atoms with Crippen molar-refractivity contribution in [3.05, 3.63) is 29.8 Å². The van der Waals surface area contributed by atoms with Crippen LogP contribution < -0.4 is 10.0 Å². The largest absolute Gasteiger partial charge is 0.401 e. The Morgan fingerprint density at radius 2 is 1.92 bits per heavy atom. The van der Waals surface area contributed by atoms with Gasteiger partial charge in [-0.3, -0.25) is 9.69 Å². The van der Waals surface area contributed by atoms with Gasteiger partial charge in [0.05, 0.1) is 11.4 Å². The Morgan fingerprint density at radius 3 is 2.50 bits per heavy atom. The standard InChI is InChI=1S/C16H24F3N3O3S/c1-12(2)21-26(24,25)14-7-4-6-13(10-14)15(23)20-8-5-9-22(3)11-16(17,18)19/h4,6-7,10,12,21H,5,8-9,11H2,1-3H3,(H,20,23). The van der Waals surface area contributed by atoms with E-state index >= 15 is 0 Å². The molecule has 0 aromatic heterocycles. The number of carbonyl (C=O) groups is 1. The summed E-state index contributed by atoms with van der Waals surface area (Å²) in [7, 11) is -2.36. The van der Waals surface area contributed by atoms with Gasteiger partial charge in [0.25, 0.3) is 5.91 Å². The molecule has 0 radical (unpaired) electrons. The van der Waals surface area contributed by atoms with Gasteiger partial charge in [-0.05, 0) is 52.1 Å². The molecule has 0 fully saturated rings. The first-order valence-electron chi connectivity index (χ1n) is 8.06. The zero-order valence-electron chi connectivity index (χ0n) is 14.9. The molecule has 0 heterocycles. The molecule has 0 aliphatic rings. The summed E-state index contributed by atoms with van der Waals surface area (Å²) in [4.78, 5) is 13.2. The lowest BCUT2D eigenvalue weighted by Crippen LogP contribution is -2.34. The first-order valence-corrected chi connectivity index (χ1v) is 9.55. The summed E-state index contributed by atoms with van der Waals surface area (Å²) in [5.41, 5.74) is 0.167. The molecule has 1 aromatic carbocycles. The molecule has 0 aliphatic carbocycles. The van der Waals surface area contributed by atoms with Gasteiger partial charge < -0.3 is 5.32 Å². The number of rotatable bonds is 9. The van der Waals surface area contributed by atoms with Gasteiger partial charge >= 0.3 is 6.18 Å². The van der Waals surface area contributed by atoms with E-state index in [2.05, 4.69) is 10.0 Å². The van der Waals surface area contributed by atoms with Crippen LogP contribution in [0.1, 0.15) is 30.6 Å². The molecule has 0 saturated carbocycles. The van der Waals surface area contributed by atoms with E-state index in [4.69, 9.17) is 0 Å². The number of alkyl halides is 3. The van der Waals surface area contributed by atoms with E-state index in [-0.39, 0.29) is 29.6 Å². The summed E-state index contributed by atoms with van der Waals surface area (Å²) < 4.78 is 63.3. The van der Waals surface area contributed by atoms with Crippen molar-refractivity contribution < 1.29 is 26.4 Å². The minimum atomic E-state index is -4.26. The molecule has 10 heteroatoms. The van der Waals surface area contributed by atoms with Crippen molar-refractivity contribution in [3.8, 4) is 0 Å². The van der Waals surface area contributed by atoms with E-state index in [1.165, 1.54) is 31.3 Å². The molecule has 1 aromatic rings. The summed E-state index contributed by atoms with van der Waals surface area (Å²) in [6.07, 6.45) is -3.92. The number of benzene rings is 1. The maximum absolute atomic E-state index is 12.2. The third-order valence-corrected chi connectivity index (χ3v) is 4.90. The number of amides is 1. The average Bonchev–Trinajstić information content (AvgIpc) is 2.48. The van der Waals surface area contributed by atoms with Crippen LogP contribution in [0.15, 0.2) is 29.2 Å². The van der Waals surface area contributed by atoms with Crippen LogP contribution in [0.5, 0.6) is 0 Å². The first kappa shape index (κ1) is 22.4. The van der Waals surface area contributed by atoms with Crippen LogP contribution in [0.4, 0.5) is 13.2 Å². The van der Waals surface area contributed by atoms with Crippen LogP contribution in [-0.4, -0.2) is 58.1 Å². The van der Waals surface area contributed by atoms with Gasteiger partial charge in [-0.1, -0.05) is 6.07 Å². The minimum Gasteiger partial charge on any atom is -0.352 e. The van der Waals surface area contributed by atoms with Crippen LogP contribution >= 0.6 is 0 Å². The summed E-state index contributed by atoms with van der Waals surface area (Å²) in [5, 5.41) is 2.57. The van der Waals surface area contributed by atoms with Crippen molar-refractivity contribution in [2.45, 2.75) is 37.4 Å². The monoisotopic (exact) mass is 395 g/mol. The highest BCUT2D eigenvalue weighted by molar-refractivity contribution is 7.89. The van der Waals surface area contributed by atoms with Crippen LogP contribution in [0, 0.1) is 0 Å². The number of nitrogens with one attached hydrogen (secondary N) is 2. The number of carbonyl (C=O) groups excluding carboxylic acids is 1. The zero-order chi connectivity index (χ0) is 20.0. The second-order valence-electron chi connectivity index (χ2n) is 6.27. The predicted octanol–water partition coefficient (Wildman–Crippen LogP) is 1.99. The Kier molecular flexibility index (Phi) is 8.04. The zero-order valence-corrected chi connectivity index (χ0v) is 15.7. The summed E-state index contributed by atoms with van der Waals surface area (Å²) in [5.74, 6) is -0.481. The van der Waals surface area contributed by atoms with Crippen molar-refractivity contribution in [3.63, 3.8) is 0 Å². The highest BCUT2D eigenvalue weighted by Gasteiger charge is 2.28. The van der Waals surface area contributed by atoms with Crippen molar-refractivity contribution in [1.29, 1.82) is 0 Å². The third kappa shape index (κ3) is 8.15. The lowest BCUT2D eigenvalue weighted by molar-refractivity contribution is -0.143. The normalized spacial score (nSPS) is 12.6. The Bertz CT molecular complexity index is 706. The van der Waals surface area contributed by atoms with Crippen molar-refractivity contribution in [1.82, 2.24) is 14.9 Å². The van der Waals surface area contributed by atoms with Gasteiger partial charge in [0.15, 0.2) is 0 Å². The van der Waals surface area contributed by atoms with E-state index in [9.17, 15) is 26.4 Å². The topological polar surface area (TPSA) is 78.5 Å². The number of halogens is 3. The fraction of sp³-hybridized carbons (Fsp3) is 0.562. The number of sulfonamides is 1. The maximum Gasteiger partial charge on any atom is 0.401 e. The molecule has 1 amide bonds. The molecule has 0 spiro atoms. The van der Waals surface area contributed by atoms with Gasteiger partial charge in [0.1, 0.15) is 0 Å². The Morgan fingerprint density at radius 1 is 1.27 bits per heavy atom. The Labute approximate surface area is 151 Å². The van der Waals surface area contributed by atoms with Crippen LogP contribution in [0.2, 0.25) is 0 Å². The maximum atomic E-state index is 12.2. The first-order chi connectivity index (χ1) is 11.9. The number of nitrogens with zero attached hydrogens (tertiary/aromatic N) is 1. The molecule has 0 aliphatic heterocycles. The van der Waals surface area contributed by atoms with Gasteiger partial charge in [-0.15, -0.1) is 0 Å². The third-order valence-electron chi connectivity index (χ3n) is 3.25. The quantitative estimate of drug-likeness (QED) is 0.627. The fourth-order valence-corrected chi connectivity index (χ4v) is 3.52. The highest BCUT2D eigenvalue weighted by atomic mass is 32.2. The number of hydrogen-bond acceptors (Lipinski definition) is 4. The SMILES string of the molecule is CC(C)NS(=O)(=O)c1cccc(C(=O)NCCCN(C)CC(F)(F)F)c1. The molecular formula is C16H24F3N3O3S. The lowest BCUT2D eigenvalue weighted by Gasteiger charge is -2.18. The predicted molar refractivity (Wildman–Crippen MR) is 92.4 cm³/mol. The fourth-order valence-electron chi connectivity index (χ4n) is 2.22. The van der Waals surface area contributed by atoms with E-state index in [0.717, 1.165) is 4.90 Å². The molecule has 0 bridgehead atoms.